The Bertz CT molecular complexity index is 503. The molecular weight excluding hydrogens is 303 g/mol. The van der Waals surface area contributed by atoms with Gasteiger partial charge in [0.15, 0.2) is 0 Å². The third-order valence-electron chi connectivity index (χ3n) is 3.63. The van der Waals surface area contributed by atoms with Crippen molar-refractivity contribution >= 4 is 17.2 Å². The Morgan fingerprint density at radius 1 is 1.57 bits per heavy atom. The van der Waals surface area contributed by atoms with Gasteiger partial charge in [-0.1, -0.05) is 0 Å². The normalized spacial score (nSPS) is 20.0. The number of likely N-dealkylation sites (N-methyl/N-ethyl adjacent to an activating group) is 1. The average Bonchev–Trinajstić information content (AvgIpc) is 2.96. The molecule has 1 aliphatic rings. The molecule has 2 rings (SSSR count). The fraction of sp³-hybridized carbons (Fsp3) is 0.692. The highest BCUT2D eigenvalue weighted by atomic mass is 32.1. The standard InChI is InChI=1S/C13H18F3N3OS/c1-9-11(21-8-17-9)6-18(2)12(20)10-4-3-5-19(10)7-13(14,15)16/h8,10H,3-7H2,1-2H3. The van der Waals surface area contributed by atoms with E-state index in [1.807, 2.05) is 6.92 Å². The van der Waals surface area contributed by atoms with Crippen LogP contribution in [-0.4, -0.2) is 53.0 Å². The molecule has 0 aromatic carbocycles. The van der Waals surface area contributed by atoms with E-state index in [-0.39, 0.29) is 5.91 Å². The first kappa shape index (κ1) is 16.2. The number of carbonyl (C=O) groups excluding carboxylic acids is 1. The van der Waals surface area contributed by atoms with Crippen molar-refractivity contribution in [2.75, 3.05) is 20.1 Å². The second-order valence-electron chi connectivity index (χ2n) is 5.30. The summed E-state index contributed by atoms with van der Waals surface area (Å²) in [4.78, 5) is 20.2. The summed E-state index contributed by atoms with van der Waals surface area (Å²) in [6, 6.07) is -0.662. The summed E-state index contributed by atoms with van der Waals surface area (Å²) in [5.41, 5.74) is 2.56. The number of carbonyl (C=O) groups is 1. The van der Waals surface area contributed by atoms with E-state index in [9.17, 15) is 18.0 Å². The minimum atomic E-state index is -4.27. The highest BCUT2D eigenvalue weighted by Gasteiger charge is 2.39. The fourth-order valence-electron chi connectivity index (χ4n) is 2.55. The Labute approximate surface area is 125 Å². The quantitative estimate of drug-likeness (QED) is 0.855. The molecule has 1 amide bonds. The number of nitrogens with zero attached hydrogens (tertiary/aromatic N) is 3. The van der Waals surface area contributed by atoms with E-state index in [0.29, 0.717) is 25.9 Å². The second kappa shape index (κ2) is 6.31. The summed E-state index contributed by atoms with van der Waals surface area (Å²) in [6.07, 6.45) is -3.16. The summed E-state index contributed by atoms with van der Waals surface area (Å²) < 4.78 is 37.6. The SMILES string of the molecule is Cc1ncsc1CN(C)C(=O)C1CCCN1CC(F)(F)F. The van der Waals surface area contributed by atoms with Gasteiger partial charge in [-0.2, -0.15) is 13.2 Å². The Hall–Kier alpha value is -1.15. The van der Waals surface area contributed by atoms with Crippen LogP contribution >= 0.6 is 11.3 Å². The van der Waals surface area contributed by atoms with Crippen molar-refractivity contribution in [1.82, 2.24) is 14.8 Å². The van der Waals surface area contributed by atoms with Crippen LogP contribution in [0, 0.1) is 6.92 Å². The number of aryl methyl sites for hydroxylation is 1. The number of likely N-dealkylation sites (tertiary alicyclic amines) is 1. The number of halogens is 3. The minimum Gasteiger partial charge on any atom is -0.339 e. The molecule has 0 spiro atoms. The van der Waals surface area contributed by atoms with E-state index in [2.05, 4.69) is 4.98 Å². The summed E-state index contributed by atoms with van der Waals surface area (Å²) in [7, 11) is 1.63. The molecule has 0 saturated carbocycles. The highest BCUT2D eigenvalue weighted by molar-refractivity contribution is 7.09. The molecule has 0 aliphatic carbocycles. The maximum atomic E-state index is 12.5. The molecule has 1 saturated heterocycles. The number of rotatable bonds is 4. The van der Waals surface area contributed by atoms with Crippen molar-refractivity contribution in [1.29, 1.82) is 0 Å². The molecule has 2 heterocycles. The Kier molecular flexibility index (Phi) is 4.88. The van der Waals surface area contributed by atoms with E-state index in [4.69, 9.17) is 0 Å². The summed E-state index contributed by atoms with van der Waals surface area (Å²) in [6.45, 7) is 1.56. The van der Waals surface area contributed by atoms with Crippen LogP contribution in [0.3, 0.4) is 0 Å². The molecule has 0 bridgehead atoms. The van der Waals surface area contributed by atoms with Gasteiger partial charge in [-0.15, -0.1) is 11.3 Å². The van der Waals surface area contributed by atoms with Crippen LogP contribution in [0.15, 0.2) is 5.51 Å². The highest BCUT2D eigenvalue weighted by Crippen LogP contribution is 2.25. The van der Waals surface area contributed by atoms with E-state index in [1.54, 1.807) is 12.6 Å². The minimum absolute atomic E-state index is 0.246. The average molecular weight is 321 g/mol. The summed E-state index contributed by atoms with van der Waals surface area (Å²) in [5, 5.41) is 0. The van der Waals surface area contributed by atoms with Crippen LogP contribution in [0.2, 0.25) is 0 Å². The van der Waals surface area contributed by atoms with Crippen LogP contribution in [0.5, 0.6) is 0 Å². The Morgan fingerprint density at radius 2 is 2.29 bits per heavy atom. The van der Waals surface area contributed by atoms with E-state index >= 15 is 0 Å². The molecule has 8 heteroatoms. The van der Waals surface area contributed by atoms with Gasteiger partial charge in [-0.3, -0.25) is 9.69 Å². The molecule has 1 fully saturated rings. The lowest BCUT2D eigenvalue weighted by atomic mass is 10.2. The Morgan fingerprint density at radius 3 is 2.86 bits per heavy atom. The number of aromatic nitrogens is 1. The van der Waals surface area contributed by atoms with Crippen LogP contribution in [0.4, 0.5) is 13.2 Å². The van der Waals surface area contributed by atoms with Crippen molar-refractivity contribution in [2.24, 2.45) is 0 Å². The molecule has 4 nitrogen and oxygen atoms in total. The molecule has 1 aliphatic heterocycles. The first-order chi connectivity index (χ1) is 9.78. The molecule has 1 aromatic heterocycles. The number of thiazole rings is 1. The van der Waals surface area contributed by atoms with Crippen molar-refractivity contribution < 1.29 is 18.0 Å². The fourth-order valence-corrected chi connectivity index (χ4v) is 3.38. The van der Waals surface area contributed by atoms with Crippen LogP contribution in [-0.2, 0) is 11.3 Å². The maximum absolute atomic E-state index is 12.5. The van der Waals surface area contributed by atoms with Gasteiger partial charge in [0.05, 0.1) is 30.3 Å². The van der Waals surface area contributed by atoms with Gasteiger partial charge < -0.3 is 4.90 Å². The van der Waals surface area contributed by atoms with E-state index in [1.165, 1.54) is 21.1 Å². The second-order valence-corrected chi connectivity index (χ2v) is 6.24. The molecule has 118 valence electrons. The molecule has 21 heavy (non-hydrogen) atoms. The lowest BCUT2D eigenvalue weighted by molar-refractivity contribution is -0.154. The van der Waals surface area contributed by atoms with E-state index in [0.717, 1.165) is 10.6 Å². The van der Waals surface area contributed by atoms with Gasteiger partial charge in [-0.25, -0.2) is 4.98 Å². The number of hydrogen-bond acceptors (Lipinski definition) is 4. The van der Waals surface area contributed by atoms with Gasteiger partial charge in [-0.05, 0) is 26.3 Å². The zero-order valence-electron chi connectivity index (χ0n) is 12.0. The molecule has 0 N–H and O–H groups in total. The smallest absolute Gasteiger partial charge is 0.339 e. The number of amides is 1. The van der Waals surface area contributed by atoms with Crippen molar-refractivity contribution in [2.45, 2.75) is 38.5 Å². The molecular formula is C13H18F3N3OS. The first-order valence-corrected chi connectivity index (χ1v) is 7.60. The van der Waals surface area contributed by atoms with E-state index < -0.39 is 18.8 Å². The van der Waals surface area contributed by atoms with Crippen molar-refractivity contribution in [3.05, 3.63) is 16.1 Å². The molecule has 1 atom stereocenters. The van der Waals surface area contributed by atoms with Crippen molar-refractivity contribution in [3.63, 3.8) is 0 Å². The van der Waals surface area contributed by atoms with Gasteiger partial charge >= 0.3 is 6.18 Å². The van der Waals surface area contributed by atoms with Crippen LogP contribution in [0.25, 0.3) is 0 Å². The van der Waals surface area contributed by atoms with Crippen molar-refractivity contribution in [3.8, 4) is 0 Å². The zero-order chi connectivity index (χ0) is 15.6. The summed E-state index contributed by atoms with van der Waals surface area (Å²) >= 11 is 1.45. The Balaban J connectivity index is 1.99. The molecule has 1 unspecified atom stereocenters. The topological polar surface area (TPSA) is 36.4 Å². The maximum Gasteiger partial charge on any atom is 0.401 e. The third kappa shape index (κ3) is 4.16. The number of alkyl halides is 3. The monoisotopic (exact) mass is 321 g/mol. The van der Waals surface area contributed by atoms with Gasteiger partial charge in [0, 0.05) is 11.9 Å². The predicted octanol–water partition coefficient (Wildman–Crippen LogP) is 2.44. The summed E-state index contributed by atoms with van der Waals surface area (Å²) in [5.74, 6) is -0.246. The molecule has 1 aromatic rings. The zero-order valence-corrected chi connectivity index (χ0v) is 12.8. The largest absolute Gasteiger partial charge is 0.401 e. The van der Waals surface area contributed by atoms with Crippen LogP contribution in [0.1, 0.15) is 23.4 Å². The van der Waals surface area contributed by atoms with Gasteiger partial charge in [0.25, 0.3) is 0 Å². The molecule has 0 radical (unpaired) electrons. The van der Waals surface area contributed by atoms with Crippen LogP contribution < -0.4 is 0 Å². The van der Waals surface area contributed by atoms with Gasteiger partial charge in [0.2, 0.25) is 5.91 Å². The predicted molar refractivity (Wildman–Crippen MR) is 74.0 cm³/mol. The lowest BCUT2D eigenvalue weighted by Crippen LogP contribution is -2.46. The van der Waals surface area contributed by atoms with Gasteiger partial charge in [0.1, 0.15) is 0 Å². The number of hydrogen-bond donors (Lipinski definition) is 0. The third-order valence-corrected chi connectivity index (χ3v) is 4.55. The lowest BCUT2D eigenvalue weighted by Gasteiger charge is -2.28. The first-order valence-electron chi connectivity index (χ1n) is 6.72.